The molecule has 7 aromatic rings. The van der Waals surface area contributed by atoms with E-state index >= 15 is 0 Å². The van der Waals surface area contributed by atoms with Crippen molar-refractivity contribution in [1.82, 2.24) is 0 Å². The van der Waals surface area contributed by atoms with Crippen molar-refractivity contribution >= 4 is 136 Å². The molecule has 0 saturated heterocycles. The second kappa shape index (κ2) is 15.1. The van der Waals surface area contributed by atoms with Crippen LogP contribution in [0.4, 0.5) is 0 Å². The van der Waals surface area contributed by atoms with Gasteiger partial charge in [-0.2, -0.15) is 0 Å². The van der Waals surface area contributed by atoms with E-state index in [2.05, 4.69) is 6.07 Å². The lowest BCUT2D eigenvalue weighted by atomic mass is 9.90. The number of ether oxygens (including phenoxy) is 3. The Labute approximate surface area is 372 Å². The predicted molar refractivity (Wildman–Crippen MR) is 253 cm³/mol. The SMILES string of the molecule is O=C(OCc1ccccc1)C1(C(=O)OCc2ccccc2)Oc2c(sc3cc(C=C4C(=S)c5ccccc5C4=S)sc23)-c2sc(C=C3C(=S)c4ccccc4C3=S)cc21. The maximum Gasteiger partial charge on any atom is 0.367 e. The first kappa shape index (κ1) is 38.0. The Morgan fingerprint density at radius 3 is 1.47 bits per heavy atom. The van der Waals surface area contributed by atoms with Gasteiger partial charge < -0.3 is 14.2 Å². The van der Waals surface area contributed by atoms with Crippen LogP contribution in [0.5, 0.6) is 5.75 Å². The fourth-order valence-electron chi connectivity index (χ4n) is 7.45. The molecule has 2 aliphatic carbocycles. The quantitative estimate of drug-likeness (QED) is 0.0642. The van der Waals surface area contributed by atoms with Crippen molar-refractivity contribution in [3.8, 4) is 15.5 Å². The number of esters is 2. The Hall–Kier alpha value is -5.18. The minimum absolute atomic E-state index is 0.0846. The molecule has 1 aliphatic heterocycles. The van der Waals surface area contributed by atoms with Crippen LogP contribution in [0.15, 0.2) is 132 Å². The van der Waals surface area contributed by atoms with E-state index in [1.807, 2.05) is 121 Å². The van der Waals surface area contributed by atoms with Crippen molar-refractivity contribution in [2.45, 2.75) is 18.8 Å². The molecule has 0 radical (unpaired) electrons. The van der Waals surface area contributed by atoms with E-state index in [1.165, 1.54) is 34.0 Å². The molecule has 0 bridgehead atoms. The van der Waals surface area contributed by atoms with E-state index in [4.69, 9.17) is 63.1 Å². The molecule has 0 amide bonds. The van der Waals surface area contributed by atoms with E-state index in [-0.39, 0.29) is 13.2 Å². The first-order valence-corrected chi connectivity index (χ1v) is 22.4. The second-order valence-electron chi connectivity index (χ2n) is 13.9. The minimum Gasteiger partial charge on any atom is -0.457 e. The topological polar surface area (TPSA) is 61.8 Å². The van der Waals surface area contributed by atoms with Gasteiger partial charge in [-0.1, -0.05) is 158 Å². The van der Waals surface area contributed by atoms with Gasteiger partial charge >= 0.3 is 17.5 Å². The number of thiocarbonyl (C=S) groups is 4. The van der Waals surface area contributed by atoms with Crippen molar-refractivity contribution in [3.63, 3.8) is 0 Å². The third-order valence-corrected chi connectivity index (χ3v) is 15.7. The van der Waals surface area contributed by atoms with Gasteiger partial charge in [0.25, 0.3) is 0 Å². The first-order chi connectivity index (χ1) is 28.7. The fourth-order valence-corrected chi connectivity index (χ4v) is 12.7. The number of hydrogen-bond acceptors (Lipinski definition) is 12. The van der Waals surface area contributed by atoms with E-state index in [0.717, 1.165) is 68.6 Å². The molecule has 4 heterocycles. The third kappa shape index (κ3) is 6.42. The molecule has 0 unspecified atom stereocenters. The Bertz CT molecular complexity index is 2910. The largest absolute Gasteiger partial charge is 0.457 e. The van der Waals surface area contributed by atoms with Crippen LogP contribution in [0.2, 0.25) is 0 Å². The standard InChI is InChI=1S/C47H26O5S7/c48-45(50-23-25-11-3-1-4-12-25)47(46(49)51-24-26-13-5-2-6-14-26)35-21-27(19-33-38(53)29-15-7-8-16-30(29)39(33)54)57-42(35)44-37(52-47)43-36(59-44)22-28(58-43)20-34-40(55)31-17-9-10-18-32(31)41(34)56/h1-22H,23-24H2. The molecule has 3 aliphatic rings. The maximum atomic E-state index is 14.9. The molecule has 3 aromatic heterocycles. The van der Waals surface area contributed by atoms with Crippen LogP contribution in [0.25, 0.3) is 31.3 Å². The Morgan fingerprint density at radius 1 is 0.559 bits per heavy atom. The average molecular weight is 895 g/mol. The number of thiophene rings is 3. The summed E-state index contributed by atoms with van der Waals surface area (Å²) < 4.78 is 20.6. The van der Waals surface area contributed by atoms with E-state index in [1.54, 1.807) is 6.07 Å². The molecule has 59 heavy (non-hydrogen) atoms. The molecule has 10 rings (SSSR count). The zero-order valence-electron chi connectivity index (χ0n) is 30.5. The van der Waals surface area contributed by atoms with Crippen LogP contribution in [-0.4, -0.2) is 31.4 Å². The van der Waals surface area contributed by atoms with Crippen molar-refractivity contribution < 1.29 is 23.8 Å². The third-order valence-electron chi connectivity index (χ3n) is 10.3. The molecule has 0 fully saturated rings. The summed E-state index contributed by atoms with van der Waals surface area (Å²) in [6.07, 6.45) is 3.95. The molecule has 0 atom stereocenters. The molecule has 5 nitrogen and oxygen atoms in total. The lowest BCUT2D eigenvalue weighted by Crippen LogP contribution is -2.52. The summed E-state index contributed by atoms with van der Waals surface area (Å²) in [5, 5.41) is 0. The summed E-state index contributed by atoms with van der Waals surface area (Å²) in [4.78, 5) is 35.6. The number of allylic oxidation sites excluding steroid dienone is 2. The summed E-state index contributed by atoms with van der Waals surface area (Å²) in [7, 11) is 0. The van der Waals surface area contributed by atoms with Gasteiger partial charge in [-0.15, -0.1) is 34.0 Å². The second-order valence-corrected chi connectivity index (χ2v) is 18.8. The number of hydrogen-bond donors (Lipinski definition) is 0. The predicted octanol–water partition coefficient (Wildman–Crippen LogP) is 11.8. The van der Waals surface area contributed by atoms with E-state index in [0.29, 0.717) is 35.6 Å². The van der Waals surface area contributed by atoms with Crippen LogP contribution >= 0.6 is 82.9 Å². The van der Waals surface area contributed by atoms with Gasteiger partial charge in [0, 0.05) is 48.7 Å². The highest BCUT2D eigenvalue weighted by Crippen LogP contribution is 2.58. The van der Waals surface area contributed by atoms with Crippen LogP contribution in [-0.2, 0) is 37.9 Å². The first-order valence-electron chi connectivity index (χ1n) is 18.3. The highest BCUT2D eigenvalue weighted by molar-refractivity contribution is 7.84. The number of carbonyl (C=O) groups is 2. The summed E-state index contributed by atoms with van der Waals surface area (Å²) in [6, 6.07) is 38.2. The zero-order valence-corrected chi connectivity index (χ0v) is 36.2. The molecule has 286 valence electrons. The molecular weight excluding hydrogens is 869 g/mol. The highest BCUT2D eigenvalue weighted by Gasteiger charge is 2.59. The van der Waals surface area contributed by atoms with Gasteiger partial charge in [0.05, 0.1) is 38.6 Å². The summed E-state index contributed by atoms with van der Waals surface area (Å²) in [6.45, 7) is -0.169. The maximum absolute atomic E-state index is 14.9. The molecule has 4 aromatic carbocycles. The van der Waals surface area contributed by atoms with Gasteiger partial charge in [-0.25, -0.2) is 9.59 Å². The lowest BCUT2D eigenvalue weighted by molar-refractivity contribution is -0.183. The summed E-state index contributed by atoms with van der Waals surface area (Å²) in [5.74, 6) is -1.37. The van der Waals surface area contributed by atoms with Crippen LogP contribution in [0, 0.1) is 0 Å². The molecule has 0 saturated carbocycles. The summed E-state index contributed by atoms with van der Waals surface area (Å²) >= 11 is 28.0. The molecule has 0 N–H and O–H groups in total. The number of fused-ring (bicyclic) bond motifs is 7. The summed E-state index contributed by atoms with van der Waals surface area (Å²) in [5.41, 5.74) is 4.77. The van der Waals surface area contributed by atoms with Crippen molar-refractivity contribution in [1.29, 1.82) is 0 Å². The monoisotopic (exact) mass is 894 g/mol. The number of rotatable bonds is 8. The van der Waals surface area contributed by atoms with Crippen LogP contribution in [0.1, 0.15) is 48.7 Å². The zero-order chi connectivity index (χ0) is 40.4. The van der Waals surface area contributed by atoms with E-state index < -0.39 is 17.5 Å². The number of benzene rings is 4. The lowest BCUT2D eigenvalue weighted by Gasteiger charge is -2.33. The normalized spacial score (nSPS) is 14.7. The molecule has 0 spiro atoms. The average Bonchev–Trinajstić information content (AvgIpc) is 4.06. The van der Waals surface area contributed by atoms with Gasteiger partial charge in [0.2, 0.25) is 0 Å². The van der Waals surface area contributed by atoms with Crippen molar-refractivity contribution in [2.75, 3.05) is 0 Å². The van der Waals surface area contributed by atoms with Crippen molar-refractivity contribution in [3.05, 3.63) is 181 Å². The van der Waals surface area contributed by atoms with Gasteiger partial charge in [-0.05, 0) is 35.4 Å². The highest BCUT2D eigenvalue weighted by atomic mass is 32.1. The smallest absolute Gasteiger partial charge is 0.367 e. The Kier molecular flexibility index (Phi) is 9.76. The molecular formula is C47H26O5S7. The van der Waals surface area contributed by atoms with Crippen molar-refractivity contribution in [2.24, 2.45) is 0 Å². The van der Waals surface area contributed by atoms with Crippen LogP contribution in [0.3, 0.4) is 0 Å². The van der Waals surface area contributed by atoms with Gasteiger partial charge in [-0.3, -0.25) is 0 Å². The van der Waals surface area contributed by atoms with Crippen LogP contribution < -0.4 is 4.74 Å². The van der Waals surface area contributed by atoms with E-state index in [9.17, 15) is 9.59 Å². The van der Waals surface area contributed by atoms with Gasteiger partial charge in [0.15, 0.2) is 5.75 Å². The fraction of sp³-hybridized carbons (Fsp3) is 0.0638. The number of carbonyl (C=O) groups excluding carboxylic acids is 2. The van der Waals surface area contributed by atoms with Gasteiger partial charge in [0.1, 0.15) is 13.2 Å². The minimum atomic E-state index is -2.31. The Morgan fingerprint density at radius 2 is 1.00 bits per heavy atom. The molecule has 12 heteroatoms. The Balaban J connectivity index is 1.12.